The normalized spacial score (nSPS) is 36.5. The summed E-state index contributed by atoms with van der Waals surface area (Å²) in [5.41, 5.74) is 2.11. The van der Waals surface area contributed by atoms with Crippen LogP contribution in [0, 0.1) is 5.92 Å². The molecule has 1 saturated carbocycles. The fraction of sp³-hybridized carbons (Fsp3) is 0.667. The van der Waals surface area contributed by atoms with Crippen molar-refractivity contribution in [2.75, 3.05) is 20.3 Å². The van der Waals surface area contributed by atoms with E-state index in [9.17, 15) is 4.79 Å². The van der Waals surface area contributed by atoms with E-state index in [4.69, 9.17) is 9.47 Å². The molecule has 0 radical (unpaired) electrons. The number of ether oxygens (including phenoxy) is 2. The lowest BCUT2D eigenvalue weighted by Crippen LogP contribution is -2.75. The second-order valence-electron chi connectivity index (χ2n) is 7.88. The number of piperidine rings is 1. The minimum absolute atomic E-state index is 0.0196. The quantitative estimate of drug-likeness (QED) is 0.913. The van der Waals surface area contributed by atoms with Gasteiger partial charge < -0.3 is 14.8 Å². The number of fused-ring (bicyclic) bond motifs is 1. The van der Waals surface area contributed by atoms with Gasteiger partial charge in [-0.25, -0.2) is 0 Å². The minimum atomic E-state index is -0.284. The van der Waals surface area contributed by atoms with Crippen LogP contribution in [0.25, 0.3) is 0 Å². The third-order valence-corrected chi connectivity index (χ3v) is 6.98. The fourth-order valence-corrected chi connectivity index (χ4v) is 5.83. The third-order valence-electron chi connectivity index (χ3n) is 6.98. The van der Waals surface area contributed by atoms with Gasteiger partial charge in [0.1, 0.15) is 11.5 Å². The summed E-state index contributed by atoms with van der Waals surface area (Å²) in [6, 6.07) is 6.69. The van der Waals surface area contributed by atoms with Crippen LogP contribution < -0.4 is 10.1 Å². The average molecular weight is 343 g/mol. The number of ketones is 1. The van der Waals surface area contributed by atoms with Crippen molar-refractivity contribution in [2.24, 2.45) is 5.92 Å². The van der Waals surface area contributed by atoms with Crippen LogP contribution in [0.4, 0.5) is 0 Å². The Morgan fingerprint density at radius 1 is 1.32 bits per heavy atom. The standard InChI is InChI=1S/C21H29NO3/c1-4-11-25-21-8-7-18(23)14(2)20(21)9-10-22-19(21)12-15-5-6-16(24-3)13-17(15)20/h5-6,13-14,19,22H,4,7-12H2,1-3H3/t14?,19-,20-,21-/m1/s1. The van der Waals surface area contributed by atoms with Gasteiger partial charge in [-0.05, 0) is 55.5 Å². The zero-order chi connectivity index (χ0) is 17.7. The molecule has 136 valence electrons. The Labute approximate surface area is 150 Å². The van der Waals surface area contributed by atoms with Crippen LogP contribution in [0.15, 0.2) is 18.2 Å². The van der Waals surface area contributed by atoms with Crippen LogP contribution in [0.2, 0.25) is 0 Å². The van der Waals surface area contributed by atoms with E-state index in [1.165, 1.54) is 11.1 Å². The molecule has 2 fully saturated rings. The molecule has 4 rings (SSSR count). The van der Waals surface area contributed by atoms with Crippen LogP contribution >= 0.6 is 0 Å². The first-order valence-electron chi connectivity index (χ1n) is 9.66. The van der Waals surface area contributed by atoms with Gasteiger partial charge >= 0.3 is 0 Å². The van der Waals surface area contributed by atoms with Crippen LogP contribution in [0.1, 0.15) is 50.7 Å². The maximum atomic E-state index is 12.8. The van der Waals surface area contributed by atoms with Gasteiger partial charge in [0.05, 0.1) is 12.7 Å². The van der Waals surface area contributed by atoms with E-state index in [-0.39, 0.29) is 23.0 Å². The highest BCUT2D eigenvalue weighted by atomic mass is 16.5. The number of carbonyl (C=O) groups is 1. The molecule has 0 amide bonds. The average Bonchev–Trinajstić information content (AvgIpc) is 2.63. The van der Waals surface area contributed by atoms with Crippen molar-refractivity contribution in [3.8, 4) is 5.75 Å². The van der Waals surface area contributed by atoms with Gasteiger partial charge in [0.15, 0.2) is 0 Å². The van der Waals surface area contributed by atoms with Gasteiger partial charge in [-0.3, -0.25) is 4.79 Å². The van der Waals surface area contributed by atoms with Gasteiger partial charge in [-0.1, -0.05) is 19.9 Å². The Morgan fingerprint density at radius 2 is 2.16 bits per heavy atom. The Balaban J connectivity index is 1.95. The van der Waals surface area contributed by atoms with E-state index < -0.39 is 0 Å². The number of carbonyl (C=O) groups excluding carboxylic acids is 1. The van der Waals surface area contributed by atoms with E-state index >= 15 is 0 Å². The van der Waals surface area contributed by atoms with Crippen LogP contribution in [0.3, 0.4) is 0 Å². The molecule has 1 aromatic rings. The number of rotatable bonds is 4. The Kier molecular flexibility index (Phi) is 4.16. The molecule has 4 atom stereocenters. The molecule has 4 nitrogen and oxygen atoms in total. The van der Waals surface area contributed by atoms with Crippen LogP contribution in [-0.2, 0) is 21.4 Å². The van der Waals surface area contributed by atoms with Crippen molar-refractivity contribution in [2.45, 2.75) is 63.0 Å². The fourth-order valence-electron chi connectivity index (χ4n) is 5.83. The number of hydrogen-bond acceptors (Lipinski definition) is 4. The first-order valence-corrected chi connectivity index (χ1v) is 9.66. The van der Waals surface area contributed by atoms with Crippen molar-refractivity contribution in [3.05, 3.63) is 29.3 Å². The predicted molar refractivity (Wildman–Crippen MR) is 97.2 cm³/mol. The second kappa shape index (κ2) is 6.10. The first kappa shape index (κ1) is 17.0. The summed E-state index contributed by atoms with van der Waals surface area (Å²) in [7, 11) is 1.71. The molecule has 1 aromatic carbocycles. The molecule has 2 aliphatic carbocycles. The van der Waals surface area contributed by atoms with Crippen LogP contribution in [-0.4, -0.2) is 37.7 Å². The monoisotopic (exact) mass is 343 g/mol. The van der Waals surface area contributed by atoms with Crippen molar-refractivity contribution >= 4 is 5.78 Å². The minimum Gasteiger partial charge on any atom is -0.497 e. The molecule has 3 aliphatic rings. The molecule has 0 aromatic heterocycles. The number of hydrogen-bond donors (Lipinski definition) is 1. The topological polar surface area (TPSA) is 47.6 Å². The van der Waals surface area contributed by atoms with E-state index in [0.717, 1.165) is 44.6 Å². The lowest BCUT2D eigenvalue weighted by Gasteiger charge is -2.64. The van der Waals surface area contributed by atoms with Gasteiger partial charge in [-0.15, -0.1) is 0 Å². The molecular formula is C21H29NO3. The highest BCUT2D eigenvalue weighted by Crippen LogP contribution is 2.59. The van der Waals surface area contributed by atoms with E-state index in [1.54, 1.807) is 7.11 Å². The molecule has 1 N–H and O–H groups in total. The molecule has 1 unspecified atom stereocenters. The van der Waals surface area contributed by atoms with Crippen LogP contribution in [0.5, 0.6) is 5.75 Å². The summed E-state index contributed by atoms with van der Waals surface area (Å²) in [5.74, 6) is 1.24. The summed E-state index contributed by atoms with van der Waals surface area (Å²) in [6.07, 6.45) is 4.36. The highest BCUT2D eigenvalue weighted by molar-refractivity contribution is 5.85. The maximum Gasteiger partial charge on any atom is 0.136 e. The molecule has 0 spiro atoms. The van der Waals surface area contributed by atoms with Gasteiger partial charge in [-0.2, -0.15) is 0 Å². The summed E-state index contributed by atoms with van der Waals surface area (Å²) in [6.45, 7) is 5.97. The van der Waals surface area contributed by atoms with E-state index in [1.807, 2.05) is 6.07 Å². The SMILES string of the molecule is CCCO[C@@]12CCC(=O)C(C)[C@@]13CCN[C@@H]2Cc1ccc(OC)cc13. The summed E-state index contributed by atoms with van der Waals surface area (Å²) < 4.78 is 12.2. The van der Waals surface area contributed by atoms with Crippen molar-refractivity contribution in [1.29, 1.82) is 0 Å². The molecular weight excluding hydrogens is 314 g/mol. The summed E-state index contributed by atoms with van der Waals surface area (Å²) >= 11 is 0. The first-order chi connectivity index (χ1) is 12.1. The third kappa shape index (κ3) is 2.16. The van der Waals surface area contributed by atoms with Gasteiger partial charge in [0.25, 0.3) is 0 Å². The number of methoxy groups -OCH3 is 1. The number of Topliss-reactive ketones (excluding diaryl/α,β-unsaturated/α-hetero) is 1. The van der Waals surface area contributed by atoms with E-state index in [0.29, 0.717) is 12.2 Å². The molecule has 2 bridgehead atoms. The smallest absolute Gasteiger partial charge is 0.136 e. The van der Waals surface area contributed by atoms with Crippen molar-refractivity contribution in [1.82, 2.24) is 5.32 Å². The number of nitrogens with one attached hydrogen (secondary N) is 1. The Morgan fingerprint density at radius 3 is 2.92 bits per heavy atom. The molecule has 1 heterocycles. The van der Waals surface area contributed by atoms with Crippen molar-refractivity contribution < 1.29 is 14.3 Å². The van der Waals surface area contributed by atoms with Gasteiger partial charge in [0, 0.05) is 30.4 Å². The molecule has 1 saturated heterocycles. The van der Waals surface area contributed by atoms with E-state index in [2.05, 4.69) is 31.3 Å². The van der Waals surface area contributed by atoms with Gasteiger partial charge in [0.2, 0.25) is 0 Å². The highest BCUT2D eigenvalue weighted by Gasteiger charge is 2.67. The lowest BCUT2D eigenvalue weighted by atomic mass is 9.46. The lowest BCUT2D eigenvalue weighted by molar-refractivity contribution is -0.187. The maximum absolute atomic E-state index is 12.8. The number of benzene rings is 1. The molecule has 1 aliphatic heterocycles. The Bertz CT molecular complexity index is 688. The zero-order valence-electron chi connectivity index (χ0n) is 15.6. The van der Waals surface area contributed by atoms with Crippen molar-refractivity contribution in [3.63, 3.8) is 0 Å². The summed E-state index contributed by atoms with van der Waals surface area (Å²) in [5, 5.41) is 3.73. The second-order valence-corrected chi connectivity index (χ2v) is 7.88. The largest absolute Gasteiger partial charge is 0.497 e. The molecule has 4 heteroatoms. The molecule has 25 heavy (non-hydrogen) atoms. The summed E-state index contributed by atoms with van der Waals surface area (Å²) in [4.78, 5) is 12.8. The Hall–Kier alpha value is -1.39. The zero-order valence-corrected chi connectivity index (χ0v) is 15.6. The predicted octanol–water partition coefficient (Wildman–Crippen LogP) is 3.02.